The van der Waals surface area contributed by atoms with Crippen LogP contribution in [0.15, 0.2) is 18.2 Å². The van der Waals surface area contributed by atoms with Crippen LogP contribution in [0.4, 0.5) is 8.78 Å². The molecule has 1 nitrogen and oxygen atoms in total. The van der Waals surface area contributed by atoms with E-state index in [0.717, 1.165) is 30.7 Å². The third-order valence-electron chi connectivity index (χ3n) is 2.78. The summed E-state index contributed by atoms with van der Waals surface area (Å²) in [6.45, 7) is 7.41. The molecule has 0 saturated carbocycles. The molecule has 1 unspecified atom stereocenters. The van der Waals surface area contributed by atoms with E-state index >= 15 is 0 Å². The zero-order valence-corrected chi connectivity index (χ0v) is 12.7. The average Bonchev–Trinajstić information content (AvgIpc) is 2.37. The second-order valence-corrected chi connectivity index (χ2v) is 6.60. The lowest BCUT2D eigenvalue weighted by Crippen LogP contribution is -2.34. The molecule has 0 radical (unpaired) electrons. The van der Waals surface area contributed by atoms with Crippen molar-refractivity contribution in [2.24, 2.45) is 0 Å². The Morgan fingerprint density at radius 2 is 1.95 bits per heavy atom. The molecular formula is C15H23F2NS. The maximum atomic E-state index is 13.2. The monoisotopic (exact) mass is 287 g/mol. The van der Waals surface area contributed by atoms with Gasteiger partial charge in [-0.1, -0.05) is 26.8 Å². The quantitative estimate of drug-likeness (QED) is 0.775. The van der Waals surface area contributed by atoms with Crippen molar-refractivity contribution in [3.8, 4) is 0 Å². The average molecular weight is 287 g/mol. The standard InChI is InChI=1S/C15H23F2NS/c1-4-7-18-13(10-19-11(2)3)8-12-5-6-14(16)15(17)9-12/h5-6,9,11,13,18H,4,7-8,10H2,1-3H3. The second-order valence-electron chi connectivity index (χ2n) is 4.99. The minimum absolute atomic E-state index is 0.303. The first kappa shape index (κ1) is 16.4. The molecule has 0 heterocycles. The number of thioether (sulfide) groups is 1. The Morgan fingerprint density at radius 3 is 2.53 bits per heavy atom. The molecule has 0 aromatic heterocycles. The van der Waals surface area contributed by atoms with E-state index in [0.29, 0.717) is 11.3 Å². The van der Waals surface area contributed by atoms with Crippen LogP contribution in [0.3, 0.4) is 0 Å². The molecule has 1 N–H and O–H groups in total. The van der Waals surface area contributed by atoms with Crippen molar-refractivity contribution < 1.29 is 8.78 Å². The molecule has 1 rings (SSSR count). The van der Waals surface area contributed by atoms with Gasteiger partial charge in [-0.15, -0.1) is 0 Å². The van der Waals surface area contributed by atoms with E-state index in [2.05, 4.69) is 26.1 Å². The van der Waals surface area contributed by atoms with E-state index in [9.17, 15) is 8.78 Å². The van der Waals surface area contributed by atoms with Crippen molar-refractivity contribution in [1.29, 1.82) is 0 Å². The molecule has 0 fully saturated rings. The van der Waals surface area contributed by atoms with Gasteiger partial charge in [0, 0.05) is 11.8 Å². The van der Waals surface area contributed by atoms with Crippen molar-refractivity contribution in [2.45, 2.75) is 44.9 Å². The summed E-state index contributed by atoms with van der Waals surface area (Å²) in [4.78, 5) is 0. The zero-order valence-electron chi connectivity index (χ0n) is 11.9. The van der Waals surface area contributed by atoms with E-state index in [1.807, 2.05) is 11.8 Å². The highest BCUT2D eigenvalue weighted by atomic mass is 32.2. The summed E-state index contributed by atoms with van der Waals surface area (Å²) < 4.78 is 26.1. The van der Waals surface area contributed by atoms with Crippen LogP contribution in [0.1, 0.15) is 32.8 Å². The Hall–Kier alpha value is -0.610. The third-order valence-corrected chi connectivity index (χ3v) is 4.04. The molecule has 0 bridgehead atoms. The van der Waals surface area contributed by atoms with Crippen LogP contribution >= 0.6 is 11.8 Å². The molecule has 0 spiro atoms. The minimum Gasteiger partial charge on any atom is -0.313 e. The van der Waals surface area contributed by atoms with Gasteiger partial charge in [0.15, 0.2) is 11.6 Å². The predicted molar refractivity (Wildman–Crippen MR) is 79.7 cm³/mol. The fraction of sp³-hybridized carbons (Fsp3) is 0.600. The van der Waals surface area contributed by atoms with Crippen molar-refractivity contribution in [1.82, 2.24) is 5.32 Å². The topological polar surface area (TPSA) is 12.0 Å². The Balaban J connectivity index is 2.61. The van der Waals surface area contributed by atoms with Gasteiger partial charge >= 0.3 is 0 Å². The van der Waals surface area contributed by atoms with Crippen molar-refractivity contribution in [2.75, 3.05) is 12.3 Å². The van der Waals surface area contributed by atoms with E-state index in [1.54, 1.807) is 6.07 Å². The molecule has 0 saturated heterocycles. The van der Waals surface area contributed by atoms with Gasteiger partial charge in [-0.2, -0.15) is 11.8 Å². The largest absolute Gasteiger partial charge is 0.313 e. The van der Waals surface area contributed by atoms with Crippen LogP contribution in [-0.4, -0.2) is 23.6 Å². The summed E-state index contributed by atoms with van der Waals surface area (Å²) in [6.07, 6.45) is 1.80. The Kier molecular flexibility index (Phi) is 7.39. The zero-order chi connectivity index (χ0) is 14.3. The van der Waals surface area contributed by atoms with Crippen LogP contribution < -0.4 is 5.32 Å². The SMILES string of the molecule is CCCNC(CSC(C)C)Cc1ccc(F)c(F)c1. The maximum absolute atomic E-state index is 13.2. The number of hydrogen-bond acceptors (Lipinski definition) is 2. The first-order valence-electron chi connectivity index (χ1n) is 6.81. The predicted octanol–water partition coefficient (Wildman–Crippen LogP) is 4.02. The molecule has 1 aromatic rings. The molecule has 0 aliphatic carbocycles. The number of rotatable bonds is 8. The number of nitrogens with one attached hydrogen (secondary N) is 1. The van der Waals surface area contributed by atoms with E-state index in [4.69, 9.17) is 0 Å². The van der Waals surface area contributed by atoms with E-state index < -0.39 is 11.6 Å². The first-order chi connectivity index (χ1) is 9.02. The summed E-state index contributed by atoms with van der Waals surface area (Å²) in [5.41, 5.74) is 0.844. The fourth-order valence-corrected chi connectivity index (χ4v) is 2.65. The second kappa shape index (κ2) is 8.54. The summed E-state index contributed by atoms with van der Waals surface area (Å²) >= 11 is 1.89. The van der Waals surface area contributed by atoms with Crippen molar-refractivity contribution >= 4 is 11.8 Å². The van der Waals surface area contributed by atoms with Gasteiger partial charge < -0.3 is 5.32 Å². The molecule has 19 heavy (non-hydrogen) atoms. The minimum atomic E-state index is -0.779. The van der Waals surface area contributed by atoms with Gasteiger partial charge in [0.25, 0.3) is 0 Å². The van der Waals surface area contributed by atoms with Gasteiger partial charge in [0.2, 0.25) is 0 Å². The molecule has 0 aliphatic rings. The van der Waals surface area contributed by atoms with Gasteiger partial charge in [-0.3, -0.25) is 0 Å². The highest BCUT2D eigenvalue weighted by Gasteiger charge is 2.11. The molecule has 0 aliphatic heterocycles. The molecule has 0 amide bonds. The molecule has 4 heteroatoms. The van der Waals surface area contributed by atoms with Crippen molar-refractivity contribution in [3.05, 3.63) is 35.4 Å². The van der Waals surface area contributed by atoms with Crippen molar-refractivity contribution in [3.63, 3.8) is 0 Å². The van der Waals surface area contributed by atoms with Crippen LogP contribution in [0, 0.1) is 11.6 Å². The lowest BCUT2D eigenvalue weighted by Gasteiger charge is -2.19. The molecule has 108 valence electrons. The van der Waals surface area contributed by atoms with Crippen LogP contribution in [0.25, 0.3) is 0 Å². The fourth-order valence-electron chi connectivity index (χ4n) is 1.80. The lowest BCUT2D eigenvalue weighted by molar-refractivity contribution is 0.503. The van der Waals surface area contributed by atoms with Crippen LogP contribution in [-0.2, 0) is 6.42 Å². The molecular weight excluding hydrogens is 264 g/mol. The number of benzene rings is 1. The van der Waals surface area contributed by atoms with Gasteiger partial charge in [0.1, 0.15) is 0 Å². The lowest BCUT2D eigenvalue weighted by atomic mass is 10.1. The Bertz CT molecular complexity index is 382. The smallest absolute Gasteiger partial charge is 0.159 e. The summed E-state index contributed by atoms with van der Waals surface area (Å²) in [6, 6.07) is 4.48. The highest BCUT2D eigenvalue weighted by molar-refractivity contribution is 7.99. The number of hydrogen-bond donors (Lipinski definition) is 1. The van der Waals surface area contributed by atoms with E-state index in [-0.39, 0.29) is 0 Å². The third kappa shape index (κ3) is 6.39. The van der Waals surface area contributed by atoms with Gasteiger partial charge in [-0.25, -0.2) is 8.78 Å². The summed E-state index contributed by atoms with van der Waals surface area (Å²) in [5.74, 6) is -0.557. The Morgan fingerprint density at radius 1 is 1.21 bits per heavy atom. The summed E-state index contributed by atoms with van der Waals surface area (Å²) in [7, 11) is 0. The number of halogens is 2. The van der Waals surface area contributed by atoms with Crippen LogP contribution in [0.2, 0.25) is 0 Å². The highest BCUT2D eigenvalue weighted by Crippen LogP contribution is 2.15. The van der Waals surface area contributed by atoms with Gasteiger partial charge in [-0.05, 0) is 42.3 Å². The van der Waals surface area contributed by atoms with E-state index in [1.165, 1.54) is 12.1 Å². The summed E-state index contributed by atoms with van der Waals surface area (Å²) in [5, 5.41) is 4.05. The maximum Gasteiger partial charge on any atom is 0.159 e. The van der Waals surface area contributed by atoms with Crippen LogP contribution in [0.5, 0.6) is 0 Å². The normalized spacial score (nSPS) is 12.9. The van der Waals surface area contributed by atoms with Gasteiger partial charge in [0.05, 0.1) is 0 Å². The first-order valence-corrected chi connectivity index (χ1v) is 7.86. The molecule has 1 aromatic carbocycles. The molecule has 1 atom stereocenters. The Labute approximate surface area is 119 Å².